The quantitative estimate of drug-likeness (QED) is 0.401. The number of nitrogens with zero attached hydrogens (tertiary/aromatic N) is 1. The molecule has 0 radical (unpaired) electrons. The van der Waals surface area contributed by atoms with Crippen molar-refractivity contribution in [2.24, 2.45) is 0 Å². The van der Waals surface area contributed by atoms with Crippen LogP contribution in [0.5, 0.6) is 0 Å². The molecule has 1 aromatic heterocycles. The van der Waals surface area contributed by atoms with E-state index >= 15 is 0 Å². The van der Waals surface area contributed by atoms with Gasteiger partial charge in [-0.25, -0.2) is 0 Å². The van der Waals surface area contributed by atoms with Gasteiger partial charge in [0.2, 0.25) is 0 Å². The first-order valence-electron chi connectivity index (χ1n) is 10.2. The molecule has 0 aliphatic heterocycles. The van der Waals surface area contributed by atoms with Gasteiger partial charge in [0, 0.05) is 23.0 Å². The standard InChI is InChI=1S/C26H25NO2/c1-2-9-19-14-15-23-22(18-19)25(20-10-5-3-6-11-20)26(21-12-7-4-8-13-21)27(23)17-16-24(28)29/h3-8,10-15,18H,2,9,16-17H2,1H3,(H,28,29). The number of carboxylic acids is 1. The van der Waals surface area contributed by atoms with E-state index in [9.17, 15) is 9.90 Å². The predicted molar refractivity (Wildman–Crippen MR) is 119 cm³/mol. The van der Waals surface area contributed by atoms with Crippen molar-refractivity contribution < 1.29 is 9.90 Å². The highest BCUT2D eigenvalue weighted by molar-refractivity contribution is 6.05. The van der Waals surface area contributed by atoms with E-state index in [1.165, 1.54) is 16.5 Å². The van der Waals surface area contributed by atoms with Gasteiger partial charge in [-0.05, 0) is 35.2 Å². The van der Waals surface area contributed by atoms with E-state index in [0.717, 1.165) is 35.2 Å². The van der Waals surface area contributed by atoms with Gasteiger partial charge in [0.1, 0.15) is 0 Å². The van der Waals surface area contributed by atoms with Gasteiger partial charge in [-0.15, -0.1) is 0 Å². The van der Waals surface area contributed by atoms with Gasteiger partial charge >= 0.3 is 5.97 Å². The summed E-state index contributed by atoms with van der Waals surface area (Å²) >= 11 is 0. The Hall–Kier alpha value is -3.33. The van der Waals surface area contributed by atoms with Crippen LogP contribution in [0, 0.1) is 0 Å². The number of carboxylic acid groups (broad SMARTS) is 1. The van der Waals surface area contributed by atoms with Crippen LogP contribution >= 0.6 is 0 Å². The van der Waals surface area contributed by atoms with Gasteiger partial charge < -0.3 is 9.67 Å². The van der Waals surface area contributed by atoms with Crippen molar-refractivity contribution in [3.63, 3.8) is 0 Å². The van der Waals surface area contributed by atoms with Crippen molar-refractivity contribution in [3.8, 4) is 22.4 Å². The number of aliphatic carboxylic acids is 1. The fourth-order valence-corrected chi connectivity index (χ4v) is 4.08. The molecule has 146 valence electrons. The zero-order chi connectivity index (χ0) is 20.2. The Balaban J connectivity index is 2.06. The molecule has 0 aliphatic carbocycles. The van der Waals surface area contributed by atoms with Crippen LogP contribution in [0.15, 0.2) is 78.9 Å². The third kappa shape index (κ3) is 3.81. The third-order valence-corrected chi connectivity index (χ3v) is 5.33. The lowest BCUT2D eigenvalue weighted by Gasteiger charge is -2.12. The normalized spacial score (nSPS) is 11.1. The zero-order valence-corrected chi connectivity index (χ0v) is 16.6. The van der Waals surface area contributed by atoms with E-state index in [1.54, 1.807) is 0 Å². The van der Waals surface area contributed by atoms with Gasteiger partial charge in [0.15, 0.2) is 0 Å². The predicted octanol–water partition coefficient (Wildman–Crippen LogP) is 6.40. The van der Waals surface area contributed by atoms with E-state index in [-0.39, 0.29) is 6.42 Å². The van der Waals surface area contributed by atoms with Crippen LogP contribution in [0.1, 0.15) is 25.3 Å². The van der Waals surface area contributed by atoms with E-state index in [2.05, 4.69) is 66.1 Å². The Morgan fingerprint density at radius 1 is 0.897 bits per heavy atom. The molecule has 4 aromatic rings. The summed E-state index contributed by atoms with van der Waals surface area (Å²) in [4.78, 5) is 11.4. The highest BCUT2D eigenvalue weighted by Gasteiger charge is 2.20. The average Bonchev–Trinajstić information content (AvgIpc) is 3.07. The van der Waals surface area contributed by atoms with Crippen LogP contribution in [0.3, 0.4) is 0 Å². The first-order chi connectivity index (χ1) is 14.2. The molecule has 0 fully saturated rings. The molecule has 3 aromatic carbocycles. The van der Waals surface area contributed by atoms with Crippen molar-refractivity contribution in [1.29, 1.82) is 0 Å². The Morgan fingerprint density at radius 2 is 1.55 bits per heavy atom. The van der Waals surface area contributed by atoms with E-state index in [1.807, 2.05) is 24.3 Å². The van der Waals surface area contributed by atoms with Crippen LogP contribution < -0.4 is 0 Å². The highest BCUT2D eigenvalue weighted by atomic mass is 16.4. The first kappa shape index (κ1) is 19.0. The molecule has 3 nitrogen and oxygen atoms in total. The molecule has 0 atom stereocenters. The molecule has 0 bridgehead atoms. The Bertz CT molecular complexity index is 1130. The molecule has 1 N–H and O–H groups in total. The molecule has 29 heavy (non-hydrogen) atoms. The molecule has 0 amide bonds. The van der Waals surface area contributed by atoms with Crippen LogP contribution in [0.2, 0.25) is 0 Å². The SMILES string of the molecule is CCCc1ccc2c(c1)c(-c1ccccc1)c(-c1ccccc1)n2CCC(=O)O. The summed E-state index contributed by atoms with van der Waals surface area (Å²) < 4.78 is 2.18. The summed E-state index contributed by atoms with van der Waals surface area (Å²) in [6.45, 7) is 2.63. The fraction of sp³-hybridized carbons (Fsp3) is 0.192. The number of hydrogen-bond acceptors (Lipinski definition) is 1. The molecule has 0 aliphatic rings. The van der Waals surface area contributed by atoms with Crippen LogP contribution in [0.4, 0.5) is 0 Å². The minimum absolute atomic E-state index is 0.0918. The van der Waals surface area contributed by atoms with Gasteiger partial charge in [-0.3, -0.25) is 4.79 Å². The number of benzene rings is 3. The smallest absolute Gasteiger partial charge is 0.305 e. The second-order valence-corrected chi connectivity index (χ2v) is 7.35. The number of fused-ring (bicyclic) bond motifs is 1. The highest BCUT2D eigenvalue weighted by Crippen LogP contribution is 2.41. The molecule has 4 rings (SSSR count). The van der Waals surface area contributed by atoms with Gasteiger partial charge in [-0.2, -0.15) is 0 Å². The lowest BCUT2D eigenvalue weighted by molar-refractivity contribution is -0.137. The summed E-state index contributed by atoms with van der Waals surface area (Å²) in [5.74, 6) is -0.783. The largest absolute Gasteiger partial charge is 0.481 e. The average molecular weight is 383 g/mol. The maximum Gasteiger partial charge on any atom is 0.305 e. The lowest BCUT2D eigenvalue weighted by atomic mass is 9.97. The molecule has 3 heteroatoms. The summed E-state index contributed by atoms with van der Waals surface area (Å²) in [5, 5.41) is 10.5. The maximum atomic E-state index is 11.4. The Labute approximate surface area is 171 Å². The summed E-state index contributed by atoms with van der Waals surface area (Å²) in [6.07, 6.45) is 2.22. The number of aromatic nitrogens is 1. The number of rotatable bonds is 7. The van der Waals surface area contributed by atoms with E-state index in [4.69, 9.17) is 0 Å². The van der Waals surface area contributed by atoms with Gasteiger partial charge in [0.05, 0.1) is 12.1 Å². The minimum atomic E-state index is -0.783. The molecule has 0 saturated carbocycles. The van der Waals surface area contributed by atoms with Gasteiger partial charge in [-0.1, -0.05) is 80.1 Å². The van der Waals surface area contributed by atoms with Crippen molar-refractivity contribution in [2.75, 3.05) is 0 Å². The molecule has 1 heterocycles. The summed E-state index contributed by atoms with van der Waals surface area (Å²) in [7, 11) is 0. The fourth-order valence-electron chi connectivity index (χ4n) is 4.08. The summed E-state index contributed by atoms with van der Waals surface area (Å²) in [5.41, 5.74) is 6.91. The topological polar surface area (TPSA) is 42.2 Å². The second-order valence-electron chi connectivity index (χ2n) is 7.35. The molecular weight excluding hydrogens is 358 g/mol. The number of aryl methyl sites for hydroxylation is 2. The minimum Gasteiger partial charge on any atom is -0.481 e. The van der Waals surface area contributed by atoms with Crippen molar-refractivity contribution in [2.45, 2.75) is 32.7 Å². The molecule has 0 unspecified atom stereocenters. The van der Waals surface area contributed by atoms with Crippen molar-refractivity contribution >= 4 is 16.9 Å². The Kier molecular flexibility index (Phi) is 5.48. The van der Waals surface area contributed by atoms with Crippen molar-refractivity contribution in [3.05, 3.63) is 84.4 Å². The monoisotopic (exact) mass is 383 g/mol. The molecule has 0 spiro atoms. The van der Waals surface area contributed by atoms with Crippen molar-refractivity contribution in [1.82, 2.24) is 4.57 Å². The summed E-state index contributed by atoms with van der Waals surface area (Å²) in [6, 6.07) is 27.3. The van der Waals surface area contributed by atoms with Crippen LogP contribution in [-0.2, 0) is 17.8 Å². The van der Waals surface area contributed by atoms with Crippen LogP contribution in [-0.4, -0.2) is 15.6 Å². The zero-order valence-electron chi connectivity index (χ0n) is 16.6. The third-order valence-electron chi connectivity index (χ3n) is 5.33. The first-order valence-corrected chi connectivity index (χ1v) is 10.2. The maximum absolute atomic E-state index is 11.4. The van der Waals surface area contributed by atoms with E-state index < -0.39 is 5.97 Å². The van der Waals surface area contributed by atoms with Crippen LogP contribution in [0.25, 0.3) is 33.3 Å². The molecule has 0 saturated heterocycles. The van der Waals surface area contributed by atoms with E-state index in [0.29, 0.717) is 6.54 Å². The molecular formula is C26H25NO2. The lowest BCUT2D eigenvalue weighted by Crippen LogP contribution is -2.06. The van der Waals surface area contributed by atoms with Gasteiger partial charge in [0.25, 0.3) is 0 Å². The number of hydrogen-bond donors (Lipinski definition) is 1. The Morgan fingerprint density at radius 3 is 2.17 bits per heavy atom. The second kappa shape index (κ2) is 8.36. The number of carbonyl (C=O) groups is 1.